The molecule has 2 amide bonds. The second kappa shape index (κ2) is 6.93. The number of alkyl halides is 3. The molecule has 4 unspecified atom stereocenters. The van der Waals surface area contributed by atoms with Gasteiger partial charge in [0.1, 0.15) is 12.0 Å². The fraction of sp³-hybridized carbons (Fsp3) is 0.579. The highest BCUT2D eigenvalue weighted by atomic mass is 19.4. The van der Waals surface area contributed by atoms with Crippen molar-refractivity contribution in [2.24, 2.45) is 11.8 Å². The zero-order valence-electron chi connectivity index (χ0n) is 14.8. The molecule has 26 heavy (non-hydrogen) atoms. The van der Waals surface area contributed by atoms with Crippen LogP contribution in [0.1, 0.15) is 48.9 Å². The summed E-state index contributed by atoms with van der Waals surface area (Å²) in [5.74, 6) is -2.03. The van der Waals surface area contributed by atoms with Crippen LogP contribution in [0.3, 0.4) is 0 Å². The number of hydrogen-bond donors (Lipinski definition) is 2. The van der Waals surface area contributed by atoms with Gasteiger partial charge in [0, 0.05) is 0 Å². The van der Waals surface area contributed by atoms with E-state index in [1.165, 1.54) is 5.56 Å². The first-order valence-electron chi connectivity index (χ1n) is 8.92. The maximum atomic E-state index is 12.7. The van der Waals surface area contributed by atoms with E-state index in [0.717, 1.165) is 24.0 Å². The molecule has 1 aromatic carbocycles. The number of piperidine rings is 1. The summed E-state index contributed by atoms with van der Waals surface area (Å²) < 4.78 is 38.2. The molecule has 0 aromatic heterocycles. The predicted molar refractivity (Wildman–Crippen MR) is 90.3 cm³/mol. The molecule has 1 aliphatic carbocycles. The van der Waals surface area contributed by atoms with Crippen molar-refractivity contribution < 1.29 is 22.8 Å². The molecule has 1 aliphatic heterocycles. The van der Waals surface area contributed by atoms with Crippen LogP contribution in [0.4, 0.5) is 13.2 Å². The molecule has 1 fully saturated rings. The molecule has 142 valence electrons. The molecule has 0 radical (unpaired) electrons. The lowest BCUT2D eigenvalue weighted by Crippen LogP contribution is -2.54. The van der Waals surface area contributed by atoms with Crippen molar-refractivity contribution in [1.82, 2.24) is 10.6 Å². The SMILES string of the molecule is Cc1ccc2c(c1)CC(C)CC2NC(=O)C1CCC(C(F)(F)F)NC1=O. The Kier molecular flexibility index (Phi) is 4.99. The summed E-state index contributed by atoms with van der Waals surface area (Å²) >= 11 is 0. The first kappa shape index (κ1) is 18.7. The molecule has 4 nitrogen and oxygen atoms in total. The molecule has 1 heterocycles. The van der Waals surface area contributed by atoms with E-state index in [9.17, 15) is 22.8 Å². The van der Waals surface area contributed by atoms with Crippen LogP contribution in [0.5, 0.6) is 0 Å². The van der Waals surface area contributed by atoms with Gasteiger partial charge in [0.05, 0.1) is 6.04 Å². The smallest absolute Gasteiger partial charge is 0.349 e. The summed E-state index contributed by atoms with van der Waals surface area (Å²) in [5, 5.41) is 4.83. The number of carbonyl (C=O) groups excluding carboxylic acids is 2. The van der Waals surface area contributed by atoms with Crippen LogP contribution in [0.25, 0.3) is 0 Å². The van der Waals surface area contributed by atoms with Crippen molar-refractivity contribution in [1.29, 1.82) is 0 Å². The van der Waals surface area contributed by atoms with E-state index in [4.69, 9.17) is 0 Å². The summed E-state index contributed by atoms with van der Waals surface area (Å²) in [5.41, 5.74) is 3.36. The molecule has 1 aromatic rings. The monoisotopic (exact) mass is 368 g/mol. The Morgan fingerprint density at radius 3 is 2.65 bits per heavy atom. The predicted octanol–water partition coefficient (Wildman–Crippen LogP) is 3.19. The lowest BCUT2D eigenvalue weighted by Gasteiger charge is -2.33. The average molecular weight is 368 g/mol. The van der Waals surface area contributed by atoms with Gasteiger partial charge < -0.3 is 10.6 Å². The standard InChI is InChI=1S/C19H23F3N2O2/c1-10-3-4-13-12(7-10)8-11(2)9-15(13)23-17(25)14-5-6-16(19(20,21)22)24-18(14)26/h3-4,7,11,14-16H,5-6,8-9H2,1-2H3,(H,23,25)(H,24,26). The van der Waals surface area contributed by atoms with Crippen molar-refractivity contribution >= 4 is 11.8 Å². The Bertz CT molecular complexity index is 717. The molecule has 0 spiro atoms. The molecule has 4 atom stereocenters. The van der Waals surface area contributed by atoms with Crippen LogP contribution in [0.2, 0.25) is 0 Å². The molecule has 1 saturated heterocycles. The van der Waals surface area contributed by atoms with Gasteiger partial charge in [-0.2, -0.15) is 13.2 Å². The number of fused-ring (bicyclic) bond motifs is 1. The Labute approximate surface area is 150 Å². The first-order valence-corrected chi connectivity index (χ1v) is 8.92. The van der Waals surface area contributed by atoms with Crippen molar-refractivity contribution in [2.75, 3.05) is 0 Å². The van der Waals surface area contributed by atoms with Gasteiger partial charge in [-0.05, 0) is 49.7 Å². The second-order valence-electron chi connectivity index (χ2n) is 7.54. The van der Waals surface area contributed by atoms with E-state index in [1.54, 1.807) is 0 Å². The lowest BCUT2D eigenvalue weighted by molar-refractivity contribution is -0.171. The number of halogens is 3. The van der Waals surface area contributed by atoms with Crippen LogP contribution in [0, 0.1) is 18.8 Å². The molecule has 2 N–H and O–H groups in total. The number of amides is 2. The average Bonchev–Trinajstić information content (AvgIpc) is 2.53. The number of benzene rings is 1. The number of carbonyl (C=O) groups is 2. The molecule has 7 heteroatoms. The lowest BCUT2D eigenvalue weighted by atomic mass is 9.80. The molecular weight excluding hydrogens is 345 g/mol. The van der Waals surface area contributed by atoms with Crippen LogP contribution < -0.4 is 10.6 Å². The van der Waals surface area contributed by atoms with E-state index in [0.29, 0.717) is 5.92 Å². The number of aryl methyl sites for hydroxylation is 1. The van der Waals surface area contributed by atoms with Gasteiger partial charge in [0.25, 0.3) is 0 Å². The largest absolute Gasteiger partial charge is 0.408 e. The summed E-state index contributed by atoms with van der Waals surface area (Å²) in [6, 6.07) is 4.00. The molecule has 2 aliphatic rings. The molecule has 0 saturated carbocycles. The fourth-order valence-corrected chi connectivity index (χ4v) is 3.95. The minimum absolute atomic E-state index is 0.0924. The number of rotatable bonds is 2. The number of nitrogens with one attached hydrogen (secondary N) is 2. The van der Waals surface area contributed by atoms with Gasteiger partial charge in [-0.1, -0.05) is 30.7 Å². The van der Waals surface area contributed by atoms with Gasteiger partial charge in [0.2, 0.25) is 11.8 Å². The van der Waals surface area contributed by atoms with Gasteiger partial charge in [0.15, 0.2) is 0 Å². The third-order valence-corrected chi connectivity index (χ3v) is 5.29. The van der Waals surface area contributed by atoms with Gasteiger partial charge >= 0.3 is 6.18 Å². The quantitative estimate of drug-likeness (QED) is 0.788. The minimum atomic E-state index is -4.48. The fourth-order valence-electron chi connectivity index (χ4n) is 3.95. The van der Waals surface area contributed by atoms with Gasteiger partial charge in [-0.15, -0.1) is 0 Å². The van der Waals surface area contributed by atoms with Crippen molar-refractivity contribution in [3.63, 3.8) is 0 Å². The first-order chi connectivity index (χ1) is 12.1. The number of hydrogen-bond acceptors (Lipinski definition) is 2. The summed E-state index contributed by atoms with van der Waals surface area (Å²) in [6.45, 7) is 4.11. The Morgan fingerprint density at radius 1 is 1.27 bits per heavy atom. The molecule has 0 bridgehead atoms. The Balaban J connectivity index is 1.70. The third kappa shape index (κ3) is 3.86. The van der Waals surface area contributed by atoms with E-state index in [-0.39, 0.29) is 18.9 Å². The van der Waals surface area contributed by atoms with Crippen molar-refractivity contribution in [3.05, 3.63) is 34.9 Å². The summed E-state index contributed by atoms with van der Waals surface area (Å²) in [7, 11) is 0. The van der Waals surface area contributed by atoms with E-state index >= 15 is 0 Å². The zero-order chi connectivity index (χ0) is 19.1. The van der Waals surface area contributed by atoms with E-state index in [1.807, 2.05) is 24.4 Å². The zero-order valence-corrected chi connectivity index (χ0v) is 14.8. The van der Waals surface area contributed by atoms with Crippen molar-refractivity contribution in [3.8, 4) is 0 Å². The Hall–Kier alpha value is -2.05. The summed E-state index contributed by atoms with van der Waals surface area (Å²) in [6.07, 6.45) is -3.16. The van der Waals surface area contributed by atoms with Crippen LogP contribution >= 0.6 is 0 Å². The normalized spacial score (nSPS) is 28.9. The van der Waals surface area contributed by atoms with Crippen LogP contribution in [-0.4, -0.2) is 24.0 Å². The van der Waals surface area contributed by atoms with E-state index in [2.05, 4.69) is 18.3 Å². The van der Waals surface area contributed by atoms with Gasteiger partial charge in [-0.25, -0.2) is 0 Å². The highest BCUT2D eigenvalue weighted by Gasteiger charge is 2.46. The topological polar surface area (TPSA) is 58.2 Å². The van der Waals surface area contributed by atoms with E-state index < -0.39 is 30.0 Å². The molecule has 3 rings (SSSR count). The third-order valence-electron chi connectivity index (χ3n) is 5.29. The second-order valence-corrected chi connectivity index (χ2v) is 7.54. The van der Waals surface area contributed by atoms with Crippen LogP contribution in [-0.2, 0) is 16.0 Å². The van der Waals surface area contributed by atoms with Gasteiger partial charge in [-0.3, -0.25) is 9.59 Å². The van der Waals surface area contributed by atoms with Crippen LogP contribution in [0.15, 0.2) is 18.2 Å². The highest BCUT2D eigenvalue weighted by Crippen LogP contribution is 2.34. The molecular formula is C19H23F3N2O2. The Morgan fingerprint density at radius 2 is 2.00 bits per heavy atom. The highest BCUT2D eigenvalue weighted by molar-refractivity contribution is 6.01. The summed E-state index contributed by atoms with van der Waals surface area (Å²) in [4.78, 5) is 24.6. The maximum Gasteiger partial charge on any atom is 0.408 e. The minimum Gasteiger partial charge on any atom is -0.349 e. The maximum absolute atomic E-state index is 12.7. The van der Waals surface area contributed by atoms with Crippen molar-refractivity contribution in [2.45, 2.75) is 57.8 Å².